The van der Waals surface area contributed by atoms with Crippen LogP contribution in [0.4, 0.5) is 0 Å². The Hall–Kier alpha value is -1.32. The van der Waals surface area contributed by atoms with Crippen LogP contribution in [0, 0.1) is 6.92 Å². The minimum absolute atomic E-state index is 0.0144. The number of aryl methyl sites for hydroxylation is 1. The van der Waals surface area contributed by atoms with Crippen molar-refractivity contribution in [3.05, 3.63) is 17.3 Å². The molecule has 0 spiro atoms. The van der Waals surface area contributed by atoms with E-state index < -0.39 is 11.9 Å². The van der Waals surface area contributed by atoms with Crippen LogP contribution < -0.4 is 0 Å². The average molecular weight is 251 g/mol. The van der Waals surface area contributed by atoms with Gasteiger partial charge in [-0.05, 0) is 26.7 Å². The lowest BCUT2D eigenvalue weighted by Crippen LogP contribution is -2.25. The Morgan fingerprint density at radius 1 is 1.39 bits per heavy atom. The molecule has 1 heterocycles. The first kappa shape index (κ1) is 13.1. The molecule has 1 aliphatic carbocycles. The zero-order valence-corrected chi connectivity index (χ0v) is 11.3. The maximum atomic E-state index is 11.0. The standard InChI is InChI=1S/C14H21NO3/c1-9(12(16)17)11-10(2)18-13(15-11)14(3)7-5-4-6-8-14/h9H,4-8H2,1-3H3,(H,16,17). The van der Waals surface area contributed by atoms with Crippen LogP contribution in [0.1, 0.15) is 69.2 Å². The first-order valence-electron chi connectivity index (χ1n) is 6.65. The summed E-state index contributed by atoms with van der Waals surface area (Å²) in [5.41, 5.74) is 0.559. The highest BCUT2D eigenvalue weighted by Crippen LogP contribution is 2.39. The molecular formula is C14H21NO3. The van der Waals surface area contributed by atoms with Crippen LogP contribution in [0.15, 0.2) is 4.42 Å². The average Bonchev–Trinajstić information content (AvgIpc) is 2.72. The lowest BCUT2D eigenvalue weighted by molar-refractivity contribution is -0.138. The fraction of sp³-hybridized carbons (Fsp3) is 0.714. The molecule has 100 valence electrons. The second-order valence-electron chi connectivity index (χ2n) is 5.64. The van der Waals surface area contributed by atoms with E-state index in [1.165, 1.54) is 19.3 Å². The predicted molar refractivity (Wildman–Crippen MR) is 67.7 cm³/mol. The van der Waals surface area contributed by atoms with E-state index in [0.29, 0.717) is 11.5 Å². The van der Waals surface area contributed by atoms with Crippen LogP contribution in [-0.2, 0) is 10.2 Å². The minimum Gasteiger partial charge on any atom is -0.481 e. The van der Waals surface area contributed by atoms with Gasteiger partial charge in [0.2, 0.25) is 5.89 Å². The Labute approximate surface area is 107 Å². The van der Waals surface area contributed by atoms with E-state index in [-0.39, 0.29) is 5.41 Å². The van der Waals surface area contributed by atoms with Crippen molar-refractivity contribution in [1.29, 1.82) is 0 Å². The Morgan fingerprint density at radius 2 is 2.00 bits per heavy atom. The summed E-state index contributed by atoms with van der Waals surface area (Å²) in [5, 5.41) is 9.06. The number of hydrogen-bond acceptors (Lipinski definition) is 3. The quantitative estimate of drug-likeness (QED) is 0.894. The molecule has 0 amide bonds. The highest BCUT2D eigenvalue weighted by Gasteiger charge is 2.35. The molecule has 4 heteroatoms. The summed E-state index contributed by atoms with van der Waals surface area (Å²) in [7, 11) is 0. The van der Waals surface area contributed by atoms with Gasteiger partial charge in [-0.3, -0.25) is 4.79 Å². The number of carboxylic acids is 1. The summed E-state index contributed by atoms with van der Waals surface area (Å²) >= 11 is 0. The molecule has 0 aromatic carbocycles. The molecule has 0 aliphatic heterocycles. The largest absolute Gasteiger partial charge is 0.481 e. The predicted octanol–water partition coefficient (Wildman–Crippen LogP) is 3.39. The van der Waals surface area contributed by atoms with Crippen LogP contribution in [0.25, 0.3) is 0 Å². The van der Waals surface area contributed by atoms with Gasteiger partial charge in [0.15, 0.2) is 0 Å². The molecule has 1 N–H and O–H groups in total. The monoisotopic (exact) mass is 251 g/mol. The molecule has 0 bridgehead atoms. The maximum Gasteiger partial charge on any atom is 0.312 e. The molecule has 0 radical (unpaired) electrons. The molecule has 1 aliphatic rings. The molecule has 1 atom stereocenters. The molecule has 1 aromatic heterocycles. The zero-order valence-electron chi connectivity index (χ0n) is 11.3. The summed E-state index contributed by atoms with van der Waals surface area (Å²) in [4.78, 5) is 15.5. The molecule has 0 saturated heterocycles. The van der Waals surface area contributed by atoms with E-state index >= 15 is 0 Å². The third-order valence-electron chi connectivity index (χ3n) is 4.09. The van der Waals surface area contributed by atoms with Crippen LogP contribution in [0.5, 0.6) is 0 Å². The Kier molecular flexibility index (Phi) is 3.46. The Balaban J connectivity index is 2.30. The highest BCUT2D eigenvalue weighted by atomic mass is 16.4. The first-order valence-corrected chi connectivity index (χ1v) is 6.65. The second kappa shape index (κ2) is 4.75. The van der Waals surface area contributed by atoms with Gasteiger partial charge in [0.05, 0.1) is 11.6 Å². The minimum atomic E-state index is -0.855. The van der Waals surface area contributed by atoms with Crippen LogP contribution in [0.2, 0.25) is 0 Å². The van der Waals surface area contributed by atoms with Gasteiger partial charge in [0.1, 0.15) is 5.76 Å². The van der Waals surface area contributed by atoms with Crippen molar-refractivity contribution in [3.8, 4) is 0 Å². The first-order chi connectivity index (χ1) is 8.44. The van der Waals surface area contributed by atoms with Gasteiger partial charge in [0, 0.05) is 5.41 Å². The Morgan fingerprint density at radius 3 is 2.56 bits per heavy atom. The third-order valence-corrected chi connectivity index (χ3v) is 4.09. The molecular weight excluding hydrogens is 230 g/mol. The summed E-state index contributed by atoms with van der Waals surface area (Å²) in [5.74, 6) is -0.0871. The fourth-order valence-corrected chi connectivity index (χ4v) is 2.73. The number of aromatic nitrogens is 1. The Bertz CT molecular complexity index is 444. The summed E-state index contributed by atoms with van der Waals surface area (Å²) < 4.78 is 5.75. The van der Waals surface area contributed by atoms with Crippen molar-refractivity contribution in [2.24, 2.45) is 0 Å². The van der Waals surface area contributed by atoms with Gasteiger partial charge >= 0.3 is 5.97 Å². The number of hydrogen-bond donors (Lipinski definition) is 1. The number of rotatable bonds is 3. The van der Waals surface area contributed by atoms with Crippen LogP contribution in [0.3, 0.4) is 0 Å². The maximum absolute atomic E-state index is 11.0. The fourth-order valence-electron chi connectivity index (χ4n) is 2.73. The summed E-state index contributed by atoms with van der Waals surface area (Å²) in [6, 6.07) is 0. The smallest absolute Gasteiger partial charge is 0.312 e. The van der Waals surface area contributed by atoms with Gasteiger partial charge in [-0.1, -0.05) is 26.2 Å². The van der Waals surface area contributed by atoms with E-state index in [1.54, 1.807) is 13.8 Å². The van der Waals surface area contributed by atoms with Gasteiger partial charge in [-0.15, -0.1) is 0 Å². The van der Waals surface area contributed by atoms with Crippen molar-refractivity contribution in [1.82, 2.24) is 4.98 Å². The summed E-state index contributed by atoms with van der Waals surface area (Å²) in [6.45, 7) is 5.63. The van der Waals surface area contributed by atoms with Crippen molar-refractivity contribution >= 4 is 5.97 Å². The van der Waals surface area contributed by atoms with E-state index in [1.807, 2.05) is 0 Å². The van der Waals surface area contributed by atoms with E-state index in [4.69, 9.17) is 9.52 Å². The number of oxazole rings is 1. The SMILES string of the molecule is Cc1oc(C2(C)CCCCC2)nc1C(C)C(=O)O. The van der Waals surface area contributed by atoms with E-state index in [0.717, 1.165) is 18.7 Å². The molecule has 1 fully saturated rings. The number of carboxylic acid groups (broad SMARTS) is 1. The van der Waals surface area contributed by atoms with Gasteiger partial charge in [0.25, 0.3) is 0 Å². The van der Waals surface area contributed by atoms with Gasteiger partial charge < -0.3 is 9.52 Å². The molecule has 18 heavy (non-hydrogen) atoms. The lowest BCUT2D eigenvalue weighted by atomic mass is 9.75. The third kappa shape index (κ3) is 2.28. The number of carbonyl (C=O) groups is 1. The number of nitrogens with zero attached hydrogens (tertiary/aromatic N) is 1. The van der Waals surface area contributed by atoms with Crippen molar-refractivity contribution in [2.75, 3.05) is 0 Å². The van der Waals surface area contributed by atoms with E-state index in [9.17, 15) is 4.79 Å². The molecule has 4 nitrogen and oxygen atoms in total. The molecule has 1 aromatic rings. The van der Waals surface area contributed by atoms with Crippen molar-refractivity contribution in [3.63, 3.8) is 0 Å². The second-order valence-corrected chi connectivity index (χ2v) is 5.64. The normalized spacial score (nSPS) is 20.6. The topological polar surface area (TPSA) is 63.3 Å². The molecule has 1 saturated carbocycles. The summed E-state index contributed by atoms with van der Waals surface area (Å²) in [6.07, 6.45) is 5.82. The molecule has 2 rings (SSSR count). The van der Waals surface area contributed by atoms with Crippen molar-refractivity contribution < 1.29 is 14.3 Å². The van der Waals surface area contributed by atoms with Crippen LogP contribution in [-0.4, -0.2) is 16.1 Å². The zero-order chi connectivity index (χ0) is 13.3. The highest BCUT2D eigenvalue weighted by molar-refractivity contribution is 5.75. The lowest BCUT2D eigenvalue weighted by Gasteiger charge is -2.30. The van der Waals surface area contributed by atoms with Crippen LogP contribution >= 0.6 is 0 Å². The molecule has 1 unspecified atom stereocenters. The number of aliphatic carboxylic acids is 1. The van der Waals surface area contributed by atoms with Crippen molar-refractivity contribution in [2.45, 2.75) is 64.2 Å². The van der Waals surface area contributed by atoms with Gasteiger partial charge in [-0.25, -0.2) is 4.98 Å². The van der Waals surface area contributed by atoms with Gasteiger partial charge in [-0.2, -0.15) is 0 Å². The van der Waals surface area contributed by atoms with E-state index in [2.05, 4.69) is 11.9 Å².